The third-order valence-corrected chi connectivity index (χ3v) is 4.86. The Labute approximate surface area is 150 Å². The summed E-state index contributed by atoms with van der Waals surface area (Å²) in [4.78, 5) is 14.2. The summed E-state index contributed by atoms with van der Waals surface area (Å²) in [5.74, 6) is 0.293. The molecule has 1 fully saturated rings. The number of rotatable bonds is 6. The summed E-state index contributed by atoms with van der Waals surface area (Å²) in [5.41, 5.74) is 7.61. The molecule has 0 bridgehead atoms. The number of piperidine rings is 1. The molecular weight excluding hydrogens is 350 g/mol. The Morgan fingerprint density at radius 3 is 2.75 bits per heavy atom. The van der Waals surface area contributed by atoms with Crippen LogP contribution in [0.5, 0.6) is 0 Å². The van der Waals surface area contributed by atoms with Crippen molar-refractivity contribution in [1.82, 2.24) is 9.62 Å². The molecule has 0 aliphatic carbocycles. The van der Waals surface area contributed by atoms with E-state index in [2.05, 4.69) is 4.72 Å². The fourth-order valence-electron chi connectivity index (χ4n) is 2.89. The minimum atomic E-state index is -3.18. The third kappa shape index (κ3) is 6.67. The second-order valence-corrected chi connectivity index (χ2v) is 8.00. The van der Waals surface area contributed by atoms with Crippen LogP contribution in [0.3, 0.4) is 0 Å². The minimum absolute atomic E-state index is 0. The number of amides is 1. The Kier molecular flexibility index (Phi) is 7.99. The van der Waals surface area contributed by atoms with Crippen molar-refractivity contribution < 1.29 is 13.2 Å². The van der Waals surface area contributed by atoms with Gasteiger partial charge in [0.2, 0.25) is 15.9 Å². The number of hydrogen-bond acceptors (Lipinski definition) is 4. The Bertz CT molecular complexity index is 652. The van der Waals surface area contributed by atoms with Crippen LogP contribution in [0.1, 0.15) is 24.8 Å². The quantitative estimate of drug-likeness (QED) is 0.735. The summed E-state index contributed by atoms with van der Waals surface area (Å²) in [6.45, 7) is 1.76. The van der Waals surface area contributed by atoms with Crippen LogP contribution >= 0.6 is 12.4 Å². The first-order chi connectivity index (χ1) is 10.8. The maximum atomic E-state index is 12.4. The number of likely N-dealkylation sites (tertiary alicyclic amines) is 1. The van der Waals surface area contributed by atoms with Crippen molar-refractivity contribution in [2.75, 3.05) is 31.6 Å². The SMILES string of the molecule is CS(=O)(=O)NCC1CCCN(C(=O)CCc2ccccc2N)C1.Cl. The number of aryl methyl sites for hydroxylation is 1. The second-order valence-electron chi connectivity index (χ2n) is 6.17. The molecule has 2 rings (SSSR count). The van der Waals surface area contributed by atoms with E-state index in [1.165, 1.54) is 0 Å². The predicted molar refractivity (Wildman–Crippen MR) is 98.6 cm³/mol. The number of carbonyl (C=O) groups excluding carboxylic acids is 1. The first-order valence-electron chi connectivity index (χ1n) is 7.91. The van der Waals surface area contributed by atoms with Crippen LogP contribution in [-0.2, 0) is 21.2 Å². The lowest BCUT2D eigenvalue weighted by Crippen LogP contribution is -2.43. The molecule has 0 radical (unpaired) electrons. The molecule has 1 atom stereocenters. The van der Waals surface area contributed by atoms with E-state index in [1.807, 2.05) is 29.2 Å². The Morgan fingerprint density at radius 2 is 2.08 bits per heavy atom. The molecule has 1 heterocycles. The van der Waals surface area contributed by atoms with Crippen LogP contribution in [-0.4, -0.2) is 45.1 Å². The van der Waals surface area contributed by atoms with Crippen LogP contribution in [0.15, 0.2) is 24.3 Å². The highest BCUT2D eigenvalue weighted by Gasteiger charge is 2.24. The number of sulfonamides is 1. The molecule has 3 N–H and O–H groups in total. The summed E-state index contributed by atoms with van der Waals surface area (Å²) >= 11 is 0. The maximum absolute atomic E-state index is 12.4. The molecule has 6 nitrogen and oxygen atoms in total. The fraction of sp³-hybridized carbons (Fsp3) is 0.562. The number of carbonyl (C=O) groups is 1. The van der Waals surface area contributed by atoms with E-state index in [-0.39, 0.29) is 24.2 Å². The lowest BCUT2D eigenvalue weighted by Gasteiger charge is -2.33. The molecule has 136 valence electrons. The van der Waals surface area contributed by atoms with Gasteiger partial charge in [0.15, 0.2) is 0 Å². The Morgan fingerprint density at radius 1 is 1.38 bits per heavy atom. The Balaban J connectivity index is 0.00000288. The number of anilines is 1. The number of para-hydroxylation sites is 1. The van der Waals surface area contributed by atoms with Crippen molar-refractivity contribution >= 4 is 34.0 Å². The lowest BCUT2D eigenvalue weighted by molar-refractivity contribution is -0.132. The normalized spacial score (nSPS) is 18.0. The monoisotopic (exact) mass is 375 g/mol. The number of nitrogen functional groups attached to an aromatic ring is 1. The molecule has 1 aromatic rings. The first-order valence-corrected chi connectivity index (χ1v) is 9.80. The van der Waals surface area contributed by atoms with Crippen molar-refractivity contribution in [1.29, 1.82) is 0 Å². The summed E-state index contributed by atoms with van der Waals surface area (Å²) in [6, 6.07) is 7.58. The minimum Gasteiger partial charge on any atom is -0.399 e. The van der Waals surface area contributed by atoms with Gasteiger partial charge in [-0.2, -0.15) is 0 Å². The van der Waals surface area contributed by atoms with Gasteiger partial charge in [-0.15, -0.1) is 12.4 Å². The lowest BCUT2D eigenvalue weighted by atomic mass is 9.97. The van der Waals surface area contributed by atoms with E-state index in [9.17, 15) is 13.2 Å². The highest BCUT2D eigenvalue weighted by molar-refractivity contribution is 7.88. The topological polar surface area (TPSA) is 92.5 Å². The molecule has 1 aromatic carbocycles. The van der Waals surface area contributed by atoms with E-state index in [0.717, 1.165) is 31.2 Å². The summed E-state index contributed by atoms with van der Waals surface area (Å²) in [6.07, 6.45) is 4.07. The van der Waals surface area contributed by atoms with Crippen LogP contribution in [0.2, 0.25) is 0 Å². The van der Waals surface area contributed by atoms with E-state index < -0.39 is 10.0 Å². The molecule has 24 heavy (non-hydrogen) atoms. The largest absolute Gasteiger partial charge is 0.399 e. The number of nitrogens with two attached hydrogens (primary N) is 1. The fourth-order valence-corrected chi connectivity index (χ4v) is 3.43. The summed E-state index contributed by atoms with van der Waals surface area (Å²) < 4.78 is 24.9. The van der Waals surface area contributed by atoms with Gasteiger partial charge in [-0.25, -0.2) is 13.1 Å². The first kappa shape index (κ1) is 20.7. The van der Waals surface area contributed by atoms with E-state index in [0.29, 0.717) is 31.6 Å². The number of benzene rings is 1. The molecule has 1 saturated heterocycles. The summed E-state index contributed by atoms with van der Waals surface area (Å²) in [7, 11) is -3.18. The van der Waals surface area contributed by atoms with Gasteiger partial charge >= 0.3 is 0 Å². The Hall–Kier alpha value is -1.31. The van der Waals surface area contributed by atoms with Gasteiger partial charge in [-0.3, -0.25) is 4.79 Å². The van der Waals surface area contributed by atoms with Crippen molar-refractivity contribution in [3.8, 4) is 0 Å². The van der Waals surface area contributed by atoms with Gasteiger partial charge in [0.25, 0.3) is 0 Å². The van der Waals surface area contributed by atoms with Crippen LogP contribution in [0.25, 0.3) is 0 Å². The number of nitrogens with one attached hydrogen (secondary N) is 1. The van der Waals surface area contributed by atoms with Gasteiger partial charge in [0.05, 0.1) is 6.26 Å². The van der Waals surface area contributed by atoms with Crippen molar-refractivity contribution in [3.63, 3.8) is 0 Å². The highest BCUT2D eigenvalue weighted by atomic mass is 35.5. The average Bonchev–Trinajstić information content (AvgIpc) is 2.51. The molecule has 1 unspecified atom stereocenters. The molecule has 0 spiro atoms. The third-order valence-electron chi connectivity index (χ3n) is 4.17. The molecule has 1 aliphatic heterocycles. The van der Waals surface area contributed by atoms with Crippen LogP contribution < -0.4 is 10.5 Å². The van der Waals surface area contributed by atoms with Crippen molar-refractivity contribution in [2.45, 2.75) is 25.7 Å². The number of nitrogens with zero attached hydrogens (tertiary/aromatic N) is 1. The molecular formula is C16H26ClN3O3S. The van der Waals surface area contributed by atoms with E-state index in [4.69, 9.17) is 5.73 Å². The molecule has 1 amide bonds. The van der Waals surface area contributed by atoms with Crippen LogP contribution in [0, 0.1) is 5.92 Å². The van der Waals surface area contributed by atoms with E-state index >= 15 is 0 Å². The van der Waals surface area contributed by atoms with Gasteiger partial charge < -0.3 is 10.6 Å². The molecule has 0 saturated carbocycles. The average molecular weight is 376 g/mol. The van der Waals surface area contributed by atoms with Gasteiger partial charge in [-0.1, -0.05) is 18.2 Å². The zero-order valence-electron chi connectivity index (χ0n) is 13.9. The van der Waals surface area contributed by atoms with Gasteiger partial charge in [0.1, 0.15) is 0 Å². The summed E-state index contributed by atoms with van der Waals surface area (Å²) in [5, 5.41) is 0. The number of hydrogen-bond donors (Lipinski definition) is 2. The molecule has 1 aliphatic rings. The van der Waals surface area contributed by atoms with E-state index in [1.54, 1.807) is 0 Å². The standard InChI is InChI=1S/C16H25N3O3S.ClH/c1-23(21,22)18-11-13-5-4-10-19(12-13)16(20)9-8-14-6-2-3-7-15(14)17;/h2-3,6-7,13,18H,4-5,8-12,17H2,1H3;1H. The van der Waals surface area contributed by atoms with Gasteiger partial charge in [-0.05, 0) is 36.8 Å². The zero-order chi connectivity index (χ0) is 16.9. The van der Waals surface area contributed by atoms with Crippen molar-refractivity contribution in [2.24, 2.45) is 5.92 Å². The number of halogens is 1. The second kappa shape index (κ2) is 9.25. The van der Waals surface area contributed by atoms with Crippen molar-refractivity contribution in [3.05, 3.63) is 29.8 Å². The van der Waals surface area contributed by atoms with Gasteiger partial charge in [0, 0.05) is 31.7 Å². The van der Waals surface area contributed by atoms with Crippen LogP contribution in [0.4, 0.5) is 5.69 Å². The molecule has 0 aromatic heterocycles. The molecule has 8 heteroatoms. The maximum Gasteiger partial charge on any atom is 0.222 e. The highest BCUT2D eigenvalue weighted by Crippen LogP contribution is 2.18. The smallest absolute Gasteiger partial charge is 0.222 e. The zero-order valence-corrected chi connectivity index (χ0v) is 15.5. The predicted octanol–water partition coefficient (Wildman–Crippen LogP) is 1.41.